The Hall–Kier alpha value is -2.13. The number of aromatic nitrogens is 1. The van der Waals surface area contributed by atoms with Gasteiger partial charge in [-0.25, -0.2) is 4.98 Å². The van der Waals surface area contributed by atoms with Gasteiger partial charge in [0.25, 0.3) is 0 Å². The van der Waals surface area contributed by atoms with Crippen LogP contribution in [0, 0.1) is 17.2 Å². The molecule has 0 aromatic carbocycles. The largest absolute Gasteiger partial charge is 0.474 e. The lowest BCUT2D eigenvalue weighted by molar-refractivity contribution is -0.135. The van der Waals surface area contributed by atoms with Crippen LogP contribution >= 0.6 is 0 Å². The molecule has 2 rings (SSSR count). The summed E-state index contributed by atoms with van der Waals surface area (Å²) in [6.45, 7) is 5.21. The minimum Gasteiger partial charge on any atom is -0.474 e. The number of piperidine rings is 1. The van der Waals surface area contributed by atoms with E-state index in [0.29, 0.717) is 24.5 Å². The Morgan fingerprint density at radius 1 is 1.45 bits per heavy atom. The summed E-state index contributed by atoms with van der Waals surface area (Å²) >= 11 is 0. The molecule has 6 heteroatoms. The lowest BCUT2D eigenvalue weighted by Crippen LogP contribution is -2.50. The number of hydrogen-bond donors (Lipinski definition) is 1. The summed E-state index contributed by atoms with van der Waals surface area (Å²) in [4.78, 5) is 18.1. The fourth-order valence-corrected chi connectivity index (χ4v) is 2.38. The number of nitriles is 1. The standard InChI is InChI=1S/C16H22N4O2/c1-11(2)15(18)16(21)20-7-5-13(6-8-20)22-14-4-3-12(9-17)10-19-14/h3-4,10-11,13,15H,5-8,18H2,1-2H3/t15-/m1/s1. The molecule has 0 radical (unpaired) electrons. The average Bonchev–Trinajstić information content (AvgIpc) is 2.55. The Morgan fingerprint density at radius 2 is 2.14 bits per heavy atom. The second-order valence-corrected chi connectivity index (χ2v) is 5.91. The van der Waals surface area contributed by atoms with Gasteiger partial charge in [0.1, 0.15) is 12.2 Å². The van der Waals surface area contributed by atoms with E-state index in [0.717, 1.165) is 12.8 Å². The monoisotopic (exact) mass is 302 g/mol. The Balaban J connectivity index is 1.84. The van der Waals surface area contributed by atoms with Crippen molar-refractivity contribution in [3.05, 3.63) is 23.9 Å². The molecule has 0 aliphatic carbocycles. The Labute approximate surface area is 130 Å². The van der Waals surface area contributed by atoms with E-state index in [1.165, 1.54) is 6.20 Å². The number of carbonyl (C=O) groups is 1. The van der Waals surface area contributed by atoms with Gasteiger partial charge in [0, 0.05) is 38.2 Å². The molecular formula is C16H22N4O2. The molecule has 0 spiro atoms. The van der Waals surface area contributed by atoms with Crippen LogP contribution in [0.5, 0.6) is 5.88 Å². The number of rotatable bonds is 4. The van der Waals surface area contributed by atoms with Crippen LogP contribution < -0.4 is 10.5 Å². The third-order valence-corrected chi connectivity index (χ3v) is 3.91. The van der Waals surface area contributed by atoms with Crippen molar-refractivity contribution in [1.29, 1.82) is 5.26 Å². The maximum absolute atomic E-state index is 12.2. The zero-order chi connectivity index (χ0) is 16.1. The summed E-state index contributed by atoms with van der Waals surface area (Å²) in [5.41, 5.74) is 6.43. The van der Waals surface area contributed by atoms with Crippen molar-refractivity contribution in [3.8, 4) is 11.9 Å². The maximum Gasteiger partial charge on any atom is 0.239 e. The fraction of sp³-hybridized carbons (Fsp3) is 0.562. The second kappa shape index (κ2) is 7.23. The molecule has 6 nitrogen and oxygen atoms in total. The van der Waals surface area contributed by atoms with Gasteiger partial charge >= 0.3 is 0 Å². The van der Waals surface area contributed by atoms with Crippen LogP contribution in [0.2, 0.25) is 0 Å². The van der Waals surface area contributed by atoms with Gasteiger partial charge in [0.15, 0.2) is 0 Å². The minimum absolute atomic E-state index is 0.0185. The summed E-state index contributed by atoms with van der Waals surface area (Å²) in [6.07, 6.45) is 3.06. The molecule has 0 bridgehead atoms. The van der Waals surface area contributed by atoms with Gasteiger partial charge in [0.2, 0.25) is 11.8 Å². The van der Waals surface area contributed by atoms with Crippen LogP contribution in [-0.4, -0.2) is 41.0 Å². The van der Waals surface area contributed by atoms with Gasteiger partial charge in [-0.3, -0.25) is 4.79 Å². The molecule has 1 saturated heterocycles. The number of pyridine rings is 1. The first-order valence-electron chi connectivity index (χ1n) is 7.58. The molecule has 0 unspecified atom stereocenters. The van der Waals surface area contributed by atoms with E-state index in [1.54, 1.807) is 12.1 Å². The van der Waals surface area contributed by atoms with Crippen LogP contribution in [0.4, 0.5) is 0 Å². The highest BCUT2D eigenvalue weighted by Crippen LogP contribution is 2.18. The van der Waals surface area contributed by atoms with Crippen molar-refractivity contribution in [3.63, 3.8) is 0 Å². The van der Waals surface area contributed by atoms with E-state index in [9.17, 15) is 4.79 Å². The first-order valence-corrected chi connectivity index (χ1v) is 7.58. The lowest BCUT2D eigenvalue weighted by Gasteiger charge is -2.34. The normalized spacial score (nSPS) is 17.1. The van der Waals surface area contributed by atoms with Crippen molar-refractivity contribution in [2.24, 2.45) is 11.7 Å². The van der Waals surface area contributed by atoms with Crippen LogP contribution in [0.15, 0.2) is 18.3 Å². The summed E-state index contributed by atoms with van der Waals surface area (Å²) < 4.78 is 5.80. The Bertz CT molecular complexity index is 542. The number of nitrogens with zero attached hydrogens (tertiary/aromatic N) is 3. The molecule has 118 valence electrons. The summed E-state index contributed by atoms with van der Waals surface area (Å²) in [5.74, 6) is 0.678. The molecule has 1 aromatic heterocycles. The van der Waals surface area contributed by atoms with E-state index < -0.39 is 6.04 Å². The molecule has 22 heavy (non-hydrogen) atoms. The highest BCUT2D eigenvalue weighted by molar-refractivity contribution is 5.82. The first kappa shape index (κ1) is 16.2. The van der Waals surface area contributed by atoms with Crippen molar-refractivity contribution in [2.75, 3.05) is 13.1 Å². The van der Waals surface area contributed by atoms with E-state index in [1.807, 2.05) is 24.8 Å². The summed E-state index contributed by atoms with van der Waals surface area (Å²) in [6, 6.07) is 4.97. The number of carbonyl (C=O) groups excluding carboxylic acids is 1. The van der Waals surface area contributed by atoms with Crippen molar-refractivity contribution in [2.45, 2.75) is 38.8 Å². The van der Waals surface area contributed by atoms with Crippen molar-refractivity contribution >= 4 is 5.91 Å². The molecule has 1 aliphatic heterocycles. The van der Waals surface area contributed by atoms with E-state index in [4.69, 9.17) is 15.7 Å². The van der Waals surface area contributed by atoms with Gasteiger partial charge in [-0.15, -0.1) is 0 Å². The van der Waals surface area contributed by atoms with Crippen LogP contribution in [-0.2, 0) is 4.79 Å². The summed E-state index contributed by atoms with van der Waals surface area (Å²) in [7, 11) is 0. The molecule has 1 aliphatic rings. The van der Waals surface area contributed by atoms with Crippen LogP contribution in [0.3, 0.4) is 0 Å². The molecular weight excluding hydrogens is 280 g/mol. The van der Waals surface area contributed by atoms with Gasteiger partial charge < -0.3 is 15.4 Å². The highest BCUT2D eigenvalue weighted by Gasteiger charge is 2.28. The smallest absolute Gasteiger partial charge is 0.239 e. The minimum atomic E-state index is -0.433. The molecule has 1 amide bonds. The van der Waals surface area contributed by atoms with Crippen molar-refractivity contribution < 1.29 is 9.53 Å². The van der Waals surface area contributed by atoms with Gasteiger partial charge in [-0.1, -0.05) is 13.8 Å². The van der Waals surface area contributed by atoms with Crippen LogP contribution in [0.1, 0.15) is 32.3 Å². The zero-order valence-electron chi connectivity index (χ0n) is 13.0. The quantitative estimate of drug-likeness (QED) is 0.905. The average molecular weight is 302 g/mol. The zero-order valence-corrected chi connectivity index (χ0v) is 13.0. The highest BCUT2D eigenvalue weighted by atomic mass is 16.5. The number of ether oxygens (including phenoxy) is 1. The van der Waals surface area contributed by atoms with Gasteiger partial charge in [-0.2, -0.15) is 5.26 Å². The topological polar surface area (TPSA) is 92.2 Å². The maximum atomic E-state index is 12.2. The number of nitrogens with two attached hydrogens (primary N) is 1. The molecule has 1 aromatic rings. The van der Waals surface area contributed by atoms with Crippen molar-refractivity contribution in [1.82, 2.24) is 9.88 Å². The Morgan fingerprint density at radius 3 is 2.64 bits per heavy atom. The van der Waals surface area contributed by atoms with E-state index in [-0.39, 0.29) is 17.9 Å². The fourth-order valence-electron chi connectivity index (χ4n) is 2.38. The molecule has 1 atom stereocenters. The van der Waals surface area contributed by atoms with Gasteiger partial charge in [-0.05, 0) is 12.0 Å². The second-order valence-electron chi connectivity index (χ2n) is 5.91. The summed E-state index contributed by atoms with van der Waals surface area (Å²) in [5, 5.41) is 8.74. The van der Waals surface area contributed by atoms with Gasteiger partial charge in [0.05, 0.1) is 11.6 Å². The molecule has 2 heterocycles. The Kier molecular flexibility index (Phi) is 5.34. The van der Waals surface area contributed by atoms with E-state index >= 15 is 0 Å². The predicted octanol–water partition coefficient (Wildman–Crippen LogP) is 1.31. The first-order chi connectivity index (χ1) is 10.5. The third kappa shape index (κ3) is 3.95. The molecule has 2 N–H and O–H groups in total. The predicted molar refractivity (Wildman–Crippen MR) is 82.0 cm³/mol. The van der Waals surface area contributed by atoms with E-state index in [2.05, 4.69) is 4.98 Å². The SMILES string of the molecule is CC(C)[C@@H](N)C(=O)N1CCC(Oc2ccc(C#N)cn2)CC1. The lowest BCUT2D eigenvalue weighted by atomic mass is 10.0. The number of hydrogen-bond acceptors (Lipinski definition) is 5. The third-order valence-electron chi connectivity index (χ3n) is 3.91. The number of amides is 1. The number of likely N-dealkylation sites (tertiary alicyclic amines) is 1. The molecule has 0 saturated carbocycles. The van der Waals surface area contributed by atoms with Crippen LogP contribution in [0.25, 0.3) is 0 Å². The molecule has 1 fully saturated rings.